The SMILES string of the molecule is Cc1cc(CN2CC[C@H]3OC[C@@H](C(=O)Nc4cnccn4)C[C@H]3C2)no1. The van der Waals surface area contributed by atoms with Crippen molar-refractivity contribution in [2.45, 2.75) is 32.4 Å². The number of nitrogens with one attached hydrogen (secondary N) is 1. The van der Waals surface area contributed by atoms with E-state index in [4.69, 9.17) is 9.26 Å². The molecule has 2 aromatic heterocycles. The maximum atomic E-state index is 12.5. The lowest BCUT2D eigenvalue weighted by Crippen LogP contribution is -2.49. The van der Waals surface area contributed by atoms with Crippen LogP contribution >= 0.6 is 0 Å². The highest BCUT2D eigenvalue weighted by Crippen LogP contribution is 2.32. The Morgan fingerprint density at radius 1 is 1.42 bits per heavy atom. The predicted octanol–water partition coefficient (Wildman–Crippen LogP) is 1.64. The Balaban J connectivity index is 1.34. The molecular formula is C18H23N5O3. The summed E-state index contributed by atoms with van der Waals surface area (Å²) < 4.78 is 11.2. The van der Waals surface area contributed by atoms with Crippen LogP contribution in [0.25, 0.3) is 0 Å². The molecule has 1 amide bonds. The van der Waals surface area contributed by atoms with E-state index in [9.17, 15) is 4.79 Å². The summed E-state index contributed by atoms with van der Waals surface area (Å²) in [6.45, 7) is 5.03. The number of fused-ring (bicyclic) bond motifs is 1. The topological polar surface area (TPSA) is 93.4 Å². The van der Waals surface area contributed by atoms with Gasteiger partial charge in [-0.2, -0.15) is 0 Å². The molecule has 8 nitrogen and oxygen atoms in total. The molecule has 2 aromatic rings. The minimum Gasteiger partial charge on any atom is -0.377 e. The third kappa shape index (κ3) is 3.91. The molecule has 138 valence electrons. The first-order chi connectivity index (χ1) is 12.7. The van der Waals surface area contributed by atoms with E-state index in [1.165, 1.54) is 0 Å². The maximum Gasteiger partial charge on any atom is 0.231 e. The van der Waals surface area contributed by atoms with Crippen molar-refractivity contribution in [3.8, 4) is 0 Å². The molecule has 26 heavy (non-hydrogen) atoms. The third-order valence-electron chi connectivity index (χ3n) is 5.09. The quantitative estimate of drug-likeness (QED) is 0.889. The number of amides is 1. The monoisotopic (exact) mass is 357 g/mol. The van der Waals surface area contributed by atoms with Crippen LogP contribution in [0.3, 0.4) is 0 Å². The predicted molar refractivity (Wildman–Crippen MR) is 93.1 cm³/mol. The number of aryl methyl sites for hydroxylation is 1. The van der Waals surface area contributed by atoms with E-state index in [1.54, 1.807) is 18.6 Å². The summed E-state index contributed by atoms with van der Waals surface area (Å²) in [5.74, 6) is 1.45. The van der Waals surface area contributed by atoms with Gasteiger partial charge in [0.25, 0.3) is 0 Å². The number of anilines is 1. The average molecular weight is 357 g/mol. The molecule has 0 spiro atoms. The molecule has 0 saturated carbocycles. The fraction of sp³-hybridized carbons (Fsp3) is 0.556. The molecular weight excluding hydrogens is 334 g/mol. The second-order valence-corrected chi connectivity index (χ2v) is 7.10. The minimum atomic E-state index is -0.160. The standard InChI is InChI=1S/C18H23N5O3/c1-12-6-15(22-26-12)10-23-5-2-16-13(9-23)7-14(11-25-16)18(24)21-17-8-19-3-4-20-17/h3-4,6,8,13-14,16H,2,5,7,9-11H2,1H3,(H,20,21,24)/t13-,14-,16+/m0/s1. The summed E-state index contributed by atoms with van der Waals surface area (Å²) in [6, 6.07) is 1.97. The highest BCUT2D eigenvalue weighted by Gasteiger charge is 2.38. The maximum absolute atomic E-state index is 12.5. The molecule has 0 radical (unpaired) electrons. The second-order valence-electron chi connectivity index (χ2n) is 7.10. The second kappa shape index (κ2) is 7.51. The zero-order valence-corrected chi connectivity index (χ0v) is 14.8. The number of carbonyl (C=O) groups excluding carboxylic acids is 1. The Bertz CT molecular complexity index is 750. The number of ether oxygens (including phenoxy) is 1. The van der Waals surface area contributed by atoms with E-state index in [0.29, 0.717) is 18.3 Å². The number of piperidine rings is 1. The van der Waals surface area contributed by atoms with Crippen molar-refractivity contribution in [2.24, 2.45) is 11.8 Å². The van der Waals surface area contributed by atoms with Crippen LogP contribution in [0.5, 0.6) is 0 Å². The normalized spacial score (nSPS) is 26.3. The fourth-order valence-corrected chi connectivity index (χ4v) is 3.84. The Labute approximate surface area is 151 Å². The summed E-state index contributed by atoms with van der Waals surface area (Å²) in [5.41, 5.74) is 0.953. The van der Waals surface area contributed by atoms with E-state index in [-0.39, 0.29) is 17.9 Å². The van der Waals surface area contributed by atoms with Crippen LogP contribution in [0.1, 0.15) is 24.3 Å². The Morgan fingerprint density at radius 2 is 2.35 bits per heavy atom. The van der Waals surface area contributed by atoms with Gasteiger partial charge in [0.1, 0.15) is 5.76 Å². The van der Waals surface area contributed by atoms with Gasteiger partial charge in [-0.25, -0.2) is 4.98 Å². The summed E-state index contributed by atoms with van der Waals surface area (Å²) in [4.78, 5) is 23.0. The van der Waals surface area contributed by atoms with Crippen molar-refractivity contribution >= 4 is 11.7 Å². The van der Waals surface area contributed by atoms with E-state index in [0.717, 1.165) is 43.9 Å². The largest absolute Gasteiger partial charge is 0.377 e. The average Bonchev–Trinajstić information content (AvgIpc) is 3.06. The molecule has 0 unspecified atom stereocenters. The van der Waals surface area contributed by atoms with Crippen LogP contribution in [0, 0.1) is 18.8 Å². The Hall–Kier alpha value is -2.32. The third-order valence-corrected chi connectivity index (χ3v) is 5.09. The van der Waals surface area contributed by atoms with Crippen LogP contribution in [0.2, 0.25) is 0 Å². The lowest BCUT2D eigenvalue weighted by molar-refractivity contribution is -0.134. The van der Waals surface area contributed by atoms with Gasteiger partial charge in [-0.05, 0) is 25.7 Å². The molecule has 2 fully saturated rings. The molecule has 3 atom stereocenters. The molecule has 2 aliphatic rings. The summed E-state index contributed by atoms with van der Waals surface area (Å²) in [6.07, 6.45) is 6.74. The van der Waals surface area contributed by atoms with Gasteiger partial charge in [0.2, 0.25) is 5.91 Å². The molecule has 0 aromatic carbocycles. The van der Waals surface area contributed by atoms with Gasteiger partial charge in [0.05, 0.1) is 30.5 Å². The Morgan fingerprint density at radius 3 is 3.12 bits per heavy atom. The van der Waals surface area contributed by atoms with Gasteiger partial charge in [-0.3, -0.25) is 14.7 Å². The number of nitrogens with zero attached hydrogens (tertiary/aromatic N) is 4. The lowest BCUT2D eigenvalue weighted by Gasteiger charge is -2.42. The van der Waals surface area contributed by atoms with Gasteiger partial charge in [0.15, 0.2) is 5.82 Å². The van der Waals surface area contributed by atoms with E-state index in [2.05, 4.69) is 25.3 Å². The first-order valence-corrected chi connectivity index (χ1v) is 9.00. The molecule has 1 N–H and O–H groups in total. The summed E-state index contributed by atoms with van der Waals surface area (Å²) in [5, 5.41) is 6.91. The lowest BCUT2D eigenvalue weighted by atomic mass is 9.83. The van der Waals surface area contributed by atoms with Crippen molar-refractivity contribution in [3.63, 3.8) is 0 Å². The minimum absolute atomic E-state index is 0.0480. The first-order valence-electron chi connectivity index (χ1n) is 9.00. The van der Waals surface area contributed by atoms with E-state index in [1.807, 2.05) is 13.0 Å². The van der Waals surface area contributed by atoms with Gasteiger partial charge in [0, 0.05) is 38.1 Å². The number of rotatable bonds is 4. The van der Waals surface area contributed by atoms with Crippen molar-refractivity contribution in [1.29, 1.82) is 0 Å². The van der Waals surface area contributed by atoms with Crippen molar-refractivity contribution < 1.29 is 14.1 Å². The Kier molecular flexibility index (Phi) is 4.94. The van der Waals surface area contributed by atoms with E-state index < -0.39 is 0 Å². The van der Waals surface area contributed by atoms with Crippen LogP contribution in [0.4, 0.5) is 5.82 Å². The van der Waals surface area contributed by atoms with E-state index >= 15 is 0 Å². The molecule has 0 bridgehead atoms. The van der Waals surface area contributed by atoms with Gasteiger partial charge >= 0.3 is 0 Å². The summed E-state index contributed by atoms with van der Waals surface area (Å²) in [7, 11) is 0. The molecule has 2 saturated heterocycles. The molecule has 4 rings (SSSR count). The number of likely N-dealkylation sites (tertiary alicyclic amines) is 1. The fourth-order valence-electron chi connectivity index (χ4n) is 3.84. The zero-order valence-electron chi connectivity index (χ0n) is 14.8. The zero-order chi connectivity index (χ0) is 17.9. The smallest absolute Gasteiger partial charge is 0.231 e. The first kappa shape index (κ1) is 17.1. The number of carbonyl (C=O) groups is 1. The van der Waals surface area contributed by atoms with Crippen LogP contribution in [-0.2, 0) is 16.1 Å². The number of aromatic nitrogens is 3. The van der Waals surface area contributed by atoms with Crippen LogP contribution in [0.15, 0.2) is 29.2 Å². The number of hydrogen-bond donors (Lipinski definition) is 1. The summed E-state index contributed by atoms with van der Waals surface area (Å²) >= 11 is 0. The van der Waals surface area contributed by atoms with Gasteiger partial charge in [-0.1, -0.05) is 5.16 Å². The molecule has 8 heteroatoms. The molecule has 2 aliphatic heterocycles. The van der Waals surface area contributed by atoms with Crippen molar-refractivity contribution in [2.75, 3.05) is 25.0 Å². The van der Waals surface area contributed by atoms with Gasteiger partial charge in [-0.15, -0.1) is 0 Å². The van der Waals surface area contributed by atoms with Crippen molar-refractivity contribution in [1.82, 2.24) is 20.0 Å². The highest BCUT2D eigenvalue weighted by atomic mass is 16.5. The van der Waals surface area contributed by atoms with Crippen LogP contribution < -0.4 is 5.32 Å². The molecule has 0 aliphatic carbocycles. The van der Waals surface area contributed by atoms with Crippen LogP contribution in [-0.4, -0.2) is 51.7 Å². The molecule has 4 heterocycles. The van der Waals surface area contributed by atoms with Gasteiger partial charge < -0.3 is 14.6 Å². The van der Waals surface area contributed by atoms with Crippen molar-refractivity contribution in [3.05, 3.63) is 36.1 Å². The highest BCUT2D eigenvalue weighted by molar-refractivity contribution is 5.91. The number of hydrogen-bond acceptors (Lipinski definition) is 7.